The van der Waals surface area contributed by atoms with Crippen LogP contribution in [-0.2, 0) is 0 Å². The van der Waals surface area contributed by atoms with E-state index in [0.29, 0.717) is 12.0 Å². The van der Waals surface area contributed by atoms with E-state index in [1.165, 1.54) is 6.42 Å². The van der Waals surface area contributed by atoms with Gasteiger partial charge in [0.1, 0.15) is 0 Å². The monoisotopic (exact) mass is 207 g/mol. The van der Waals surface area contributed by atoms with Crippen molar-refractivity contribution >= 4 is 0 Å². The van der Waals surface area contributed by atoms with Gasteiger partial charge in [0.2, 0.25) is 0 Å². The van der Waals surface area contributed by atoms with E-state index in [1.807, 2.05) is 6.07 Å². The zero-order valence-electron chi connectivity index (χ0n) is 9.90. The van der Waals surface area contributed by atoms with Crippen molar-refractivity contribution in [1.29, 1.82) is 0 Å². The Morgan fingerprint density at radius 2 is 2.20 bits per heavy atom. The summed E-state index contributed by atoms with van der Waals surface area (Å²) in [6.45, 7) is 7.67. The molecule has 0 aliphatic carbocycles. The van der Waals surface area contributed by atoms with E-state index in [-0.39, 0.29) is 0 Å². The zero-order chi connectivity index (χ0) is 11.1. The molecule has 1 N–H and O–H groups in total. The smallest absolute Gasteiger partial charge is 0.0677 e. The Kier molecular flexibility index (Phi) is 5.26. The van der Waals surface area contributed by atoms with E-state index >= 15 is 0 Å². The third-order valence-corrected chi connectivity index (χ3v) is 2.73. The summed E-state index contributed by atoms with van der Waals surface area (Å²) in [4.78, 5) is 0. The van der Waals surface area contributed by atoms with Gasteiger partial charge in [-0.25, -0.2) is 0 Å². The lowest BCUT2D eigenvalue weighted by Gasteiger charge is -2.22. The standard InChI is InChI=1S/C12H21N3/c1-4-8-13-10(3)11(5-2)12-7-6-9-14-15-12/h6-7,9-11,13H,4-5,8H2,1-3H3. The maximum Gasteiger partial charge on any atom is 0.0677 e. The first kappa shape index (κ1) is 12.1. The molecule has 0 aromatic carbocycles. The Balaban J connectivity index is 2.63. The van der Waals surface area contributed by atoms with Crippen molar-refractivity contribution in [2.24, 2.45) is 0 Å². The fourth-order valence-corrected chi connectivity index (χ4v) is 1.84. The molecule has 15 heavy (non-hydrogen) atoms. The molecule has 0 saturated heterocycles. The van der Waals surface area contributed by atoms with Crippen molar-refractivity contribution in [2.45, 2.75) is 45.6 Å². The van der Waals surface area contributed by atoms with Gasteiger partial charge in [0, 0.05) is 18.2 Å². The van der Waals surface area contributed by atoms with E-state index in [4.69, 9.17) is 0 Å². The van der Waals surface area contributed by atoms with Crippen LogP contribution in [0.25, 0.3) is 0 Å². The second-order valence-electron chi connectivity index (χ2n) is 3.91. The van der Waals surface area contributed by atoms with Crippen LogP contribution in [0.1, 0.15) is 45.2 Å². The van der Waals surface area contributed by atoms with Gasteiger partial charge in [-0.1, -0.05) is 13.8 Å². The summed E-state index contributed by atoms with van der Waals surface area (Å²) >= 11 is 0. The Bertz CT molecular complexity index is 261. The highest BCUT2D eigenvalue weighted by atomic mass is 15.1. The van der Waals surface area contributed by atoms with Gasteiger partial charge in [0.05, 0.1) is 5.69 Å². The highest BCUT2D eigenvalue weighted by Crippen LogP contribution is 2.20. The van der Waals surface area contributed by atoms with E-state index in [1.54, 1.807) is 6.20 Å². The molecule has 0 aliphatic rings. The van der Waals surface area contributed by atoms with Gasteiger partial charge in [-0.2, -0.15) is 10.2 Å². The summed E-state index contributed by atoms with van der Waals surface area (Å²) < 4.78 is 0. The van der Waals surface area contributed by atoms with Crippen LogP contribution in [0, 0.1) is 0 Å². The molecule has 3 heteroatoms. The number of nitrogens with one attached hydrogen (secondary N) is 1. The highest BCUT2D eigenvalue weighted by Gasteiger charge is 2.17. The zero-order valence-corrected chi connectivity index (χ0v) is 9.90. The molecule has 1 aromatic heterocycles. The second-order valence-corrected chi connectivity index (χ2v) is 3.91. The molecule has 0 fully saturated rings. The lowest BCUT2D eigenvalue weighted by Crippen LogP contribution is -2.33. The fraction of sp³-hybridized carbons (Fsp3) is 0.667. The van der Waals surface area contributed by atoms with Gasteiger partial charge in [-0.05, 0) is 38.4 Å². The first-order chi connectivity index (χ1) is 7.29. The molecule has 2 atom stereocenters. The molecular weight excluding hydrogens is 186 g/mol. The molecule has 0 aliphatic heterocycles. The van der Waals surface area contributed by atoms with Crippen molar-refractivity contribution in [3.8, 4) is 0 Å². The van der Waals surface area contributed by atoms with Crippen molar-refractivity contribution in [1.82, 2.24) is 15.5 Å². The number of hydrogen-bond acceptors (Lipinski definition) is 3. The normalized spacial score (nSPS) is 14.9. The molecule has 84 valence electrons. The first-order valence-corrected chi connectivity index (χ1v) is 5.80. The third kappa shape index (κ3) is 3.59. The van der Waals surface area contributed by atoms with Gasteiger partial charge in [0.25, 0.3) is 0 Å². The number of aromatic nitrogens is 2. The van der Waals surface area contributed by atoms with E-state index in [0.717, 1.165) is 18.7 Å². The minimum absolute atomic E-state index is 0.463. The van der Waals surface area contributed by atoms with Crippen LogP contribution in [0.3, 0.4) is 0 Å². The van der Waals surface area contributed by atoms with Crippen LogP contribution < -0.4 is 5.32 Å². The van der Waals surface area contributed by atoms with E-state index < -0.39 is 0 Å². The van der Waals surface area contributed by atoms with Crippen molar-refractivity contribution < 1.29 is 0 Å². The highest BCUT2D eigenvalue weighted by molar-refractivity contribution is 5.08. The Hall–Kier alpha value is -0.960. The Morgan fingerprint density at radius 1 is 1.40 bits per heavy atom. The topological polar surface area (TPSA) is 37.8 Å². The van der Waals surface area contributed by atoms with Crippen molar-refractivity contribution in [3.05, 3.63) is 24.0 Å². The van der Waals surface area contributed by atoms with Crippen LogP contribution in [0.15, 0.2) is 18.3 Å². The largest absolute Gasteiger partial charge is 0.314 e. The number of nitrogens with zero attached hydrogens (tertiary/aromatic N) is 2. The maximum absolute atomic E-state index is 4.19. The van der Waals surface area contributed by atoms with Crippen LogP contribution >= 0.6 is 0 Å². The summed E-state index contributed by atoms with van der Waals surface area (Å²) in [5.41, 5.74) is 1.09. The minimum Gasteiger partial charge on any atom is -0.314 e. The van der Waals surface area contributed by atoms with Crippen molar-refractivity contribution in [2.75, 3.05) is 6.54 Å². The lowest BCUT2D eigenvalue weighted by molar-refractivity contribution is 0.440. The molecule has 1 heterocycles. The average molecular weight is 207 g/mol. The molecule has 1 aromatic rings. The SMILES string of the molecule is CCCNC(C)C(CC)c1cccnn1. The molecule has 0 amide bonds. The number of hydrogen-bond donors (Lipinski definition) is 1. The summed E-state index contributed by atoms with van der Waals surface area (Å²) in [5, 5.41) is 11.6. The second kappa shape index (κ2) is 6.51. The molecule has 2 unspecified atom stereocenters. The van der Waals surface area contributed by atoms with Gasteiger partial charge in [0.15, 0.2) is 0 Å². The average Bonchev–Trinajstić information content (AvgIpc) is 2.29. The van der Waals surface area contributed by atoms with Crippen LogP contribution in [0.4, 0.5) is 0 Å². The van der Waals surface area contributed by atoms with Gasteiger partial charge in [-0.3, -0.25) is 0 Å². The maximum atomic E-state index is 4.19. The molecular formula is C12H21N3. The summed E-state index contributed by atoms with van der Waals surface area (Å²) in [6.07, 6.45) is 3.98. The van der Waals surface area contributed by atoms with Gasteiger partial charge >= 0.3 is 0 Å². The summed E-state index contributed by atoms with van der Waals surface area (Å²) in [5.74, 6) is 0.463. The van der Waals surface area contributed by atoms with Gasteiger partial charge in [-0.15, -0.1) is 0 Å². The van der Waals surface area contributed by atoms with Gasteiger partial charge < -0.3 is 5.32 Å². The molecule has 1 rings (SSSR count). The molecule has 3 nitrogen and oxygen atoms in total. The molecule has 0 radical (unpaired) electrons. The molecule has 0 bridgehead atoms. The first-order valence-electron chi connectivity index (χ1n) is 5.80. The predicted octanol–water partition coefficient (Wildman–Crippen LogP) is 2.36. The Labute approximate surface area is 92.3 Å². The summed E-state index contributed by atoms with van der Waals surface area (Å²) in [7, 11) is 0. The lowest BCUT2D eigenvalue weighted by atomic mass is 9.94. The van der Waals surface area contributed by atoms with Crippen LogP contribution in [0.2, 0.25) is 0 Å². The quantitative estimate of drug-likeness (QED) is 0.778. The molecule has 0 spiro atoms. The third-order valence-electron chi connectivity index (χ3n) is 2.73. The van der Waals surface area contributed by atoms with Crippen LogP contribution in [-0.4, -0.2) is 22.8 Å². The van der Waals surface area contributed by atoms with Crippen molar-refractivity contribution in [3.63, 3.8) is 0 Å². The Morgan fingerprint density at radius 3 is 2.73 bits per heavy atom. The minimum atomic E-state index is 0.463. The predicted molar refractivity (Wildman–Crippen MR) is 62.8 cm³/mol. The molecule has 0 saturated carbocycles. The van der Waals surface area contributed by atoms with Crippen LogP contribution in [0.5, 0.6) is 0 Å². The fourth-order valence-electron chi connectivity index (χ4n) is 1.84. The summed E-state index contributed by atoms with van der Waals surface area (Å²) in [6, 6.07) is 4.48. The van der Waals surface area contributed by atoms with E-state index in [9.17, 15) is 0 Å². The van der Waals surface area contributed by atoms with E-state index in [2.05, 4.69) is 42.4 Å². The number of rotatable bonds is 6.